The Labute approximate surface area is 206 Å². The molecule has 0 bridgehead atoms. The van der Waals surface area contributed by atoms with Gasteiger partial charge in [0.1, 0.15) is 18.0 Å². The van der Waals surface area contributed by atoms with E-state index in [9.17, 15) is 14.7 Å². The minimum Gasteiger partial charge on any atom is -0.482 e. The first-order valence-electron chi connectivity index (χ1n) is 10.9. The van der Waals surface area contributed by atoms with Crippen molar-refractivity contribution in [2.24, 2.45) is 0 Å². The van der Waals surface area contributed by atoms with Gasteiger partial charge in [-0.2, -0.15) is 0 Å². The summed E-state index contributed by atoms with van der Waals surface area (Å²) in [5.74, 6) is 0.103. The van der Waals surface area contributed by atoms with Crippen LogP contribution in [0.5, 0.6) is 5.75 Å². The number of aliphatic hydroxyl groups is 2. The number of carbonyl (C=O) groups is 2. The van der Waals surface area contributed by atoms with Gasteiger partial charge >= 0.3 is 0 Å². The van der Waals surface area contributed by atoms with E-state index in [0.717, 1.165) is 9.13 Å². The molecule has 0 fully saturated rings. The summed E-state index contributed by atoms with van der Waals surface area (Å²) >= 11 is 2.15. The molecule has 0 spiro atoms. The van der Waals surface area contributed by atoms with Crippen LogP contribution in [0.4, 0.5) is 0 Å². The van der Waals surface area contributed by atoms with Crippen LogP contribution in [0.3, 0.4) is 0 Å². The van der Waals surface area contributed by atoms with Crippen molar-refractivity contribution in [2.45, 2.75) is 51.0 Å². The minimum atomic E-state index is -1.05. The van der Waals surface area contributed by atoms with Crippen LogP contribution in [-0.4, -0.2) is 58.3 Å². The molecule has 0 radical (unpaired) electrons. The van der Waals surface area contributed by atoms with Crippen LogP contribution in [0.25, 0.3) is 0 Å². The standard InChI is InChI=1S/C24H29IN2O6/c1-2-5-22(29)27(14-16-8-11-32-15-16)19-12-17(24(31)26-9-10-28)13-21(23(19)30)33-20-7-4-3-6-18(20)25/h3-4,6-8,11,13,15,19,21,23,28,30H,2,5,9-10,12,14H2,1H3,(H,26,31)/t19-,21+,23+/m1/s1. The first-order valence-corrected chi connectivity index (χ1v) is 12.0. The van der Waals surface area contributed by atoms with Gasteiger partial charge in [-0.3, -0.25) is 9.59 Å². The van der Waals surface area contributed by atoms with Crippen molar-refractivity contribution in [2.75, 3.05) is 13.2 Å². The molecule has 33 heavy (non-hydrogen) atoms. The van der Waals surface area contributed by atoms with E-state index in [4.69, 9.17) is 14.3 Å². The molecule has 1 aromatic heterocycles. The molecule has 2 amide bonds. The first kappa shape index (κ1) is 25.3. The van der Waals surface area contributed by atoms with Crippen molar-refractivity contribution in [1.29, 1.82) is 0 Å². The Morgan fingerprint density at radius 3 is 2.76 bits per heavy atom. The maximum absolute atomic E-state index is 13.1. The fraction of sp³-hybridized carbons (Fsp3) is 0.417. The summed E-state index contributed by atoms with van der Waals surface area (Å²) in [7, 11) is 0. The highest BCUT2D eigenvalue weighted by Crippen LogP contribution is 2.30. The van der Waals surface area contributed by atoms with Gasteiger partial charge in [-0.25, -0.2) is 0 Å². The lowest BCUT2D eigenvalue weighted by Gasteiger charge is -2.40. The van der Waals surface area contributed by atoms with Gasteiger partial charge in [0.2, 0.25) is 11.8 Å². The van der Waals surface area contributed by atoms with Crippen molar-refractivity contribution in [3.63, 3.8) is 0 Å². The molecule has 178 valence electrons. The molecule has 1 aliphatic rings. The number of ether oxygens (including phenoxy) is 1. The molecular weight excluding hydrogens is 539 g/mol. The number of rotatable bonds is 10. The number of carbonyl (C=O) groups excluding carboxylic acids is 2. The molecule has 3 rings (SSSR count). The van der Waals surface area contributed by atoms with E-state index in [-0.39, 0.29) is 37.9 Å². The lowest BCUT2D eigenvalue weighted by molar-refractivity contribution is -0.139. The maximum atomic E-state index is 13.1. The van der Waals surface area contributed by atoms with E-state index >= 15 is 0 Å². The summed E-state index contributed by atoms with van der Waals surface area (Å²) < 4.78 is 12.1. The first-order chi connectivity index (χ1) is 15.9. The molecule has 8 nitrogen and oxygen atoms in total. The monoisotopic (exact) mass is 568 g/mol. The van der Waals surface area contributed by atoms with Crippen LogP contribution >= 0.6 is 22.6 Å². The molecule has 0 saturated carbocycles. The molecule has 0 aliphatic heterocycles. The summed E-state index contributed by atoms with van der Waals surface area (Å²) in [4.78, 5) is 27.4. The minimum absolute atomic E-state index is 0.110. The topological polar surface area (TPSA) is 112 Å². The second-order valence-electron chi connectivity index (χ2n) is 7.85. The van der Waals surface area contributed by atoms with Crippen LogP contribution in [-0.2, 0) is 16.1 Å². The maximum Gasteiger partial charge on any atom is 0.247 e. The quantitative estimate of drug-likeness (QED) is 0.380. The van der Waals surface area contributed by atoms with Crippen molar-refractivity contribution < 1.29 is 29.0 Å². The number of benzene rings is 1. The molecule has 0 unspecified atom stereocenters. The SMILES string of the molecule is CCCC(=O)N(Cc1ccoc1)[C@@H]1CC(C(=O)NCCO)=C[C@H](Oc2ccccc2I)[C@H]1O. The number of para-hydroxylation sites is 1. The zero-order valence-electron chi connectivity index (χ0n) is 18.4. The fourth-order valence-corrected chi connectivity index (χ4v) is 4.31. The molecule has 3 N–H and O–H groups in total. The van der Waals surface area contributed by atoms with Crippen molar-refractivity contribution in [1.82, 2.24) is 10.2 Å². The summed E-state index contributed by atoms with van der Waals surface area (Å²) in [6.07, 6.45) is 3.95. The molecule has 1 aromatic carbocycles. The van der Waals surface area contributed by atoms with E-state index in [2.05, 4.69) is 27.9 Å². The Hall–Kier alpha value is -2.37. The second kappa shape index (κ2) is 12.2. The number of hydrogen-bond donors (Lipinski definition) is 3. The smallest absolute Gasteiger partial charge is 0.247 e. The van der Waals surface area contributed by atoms with Crippen LogP contribution in [0.1, 0.15) is 31.7 Å². The van der Waals surface area contributed by atoms with E-state index in [0.29, 0.717) is 24.2 Å². The number of nitrogens with zero attached hydrogens (tertiary/aromatic N) is 1. The van der Waals surface area contributed by atoms with Crippen LogP contribution in [0.2, 0.25) is 0 Å². The molecular formula is C24H29IN2O6. The third-order valence-corrected chi connectivity index (χ3v) is 6.32. The van der Waals surface area contributed by atoms with E-state index in [1.54, 1.807) is 29.4 Å². The third kappa shape index (κ3) is 6.58. The molecule has 0 saturated heterocycles. The Balaban J connectivity index is 1.94. The summed E-state index contributed by atoms with van der Waals surface area (Å²) in [5.41, 5.74) is 1.19. The van der Waals surface area contributed by atoms with Gasteiger partial charge in [0.25, 0.3) is 0 Å². The largest absolute Gasteiger partial charge is 0.482 e. The zero-order chi connectivity index (χ0) is 23.8. The Kier molecular flexibility index (Phi) is 9.33. The van der Waals surface area contributed by atoms with Crippen molar-refractivity contribution >= 4 is 34.4 Å². The van der Waals surface area contributed by atoms with Gasteiger partial charge < -0.3 is 29.6 Å². The molecule has 1 heterocycles. The van der Waals surface area contributed by atoms with Crippen molar-refractivity contribution in [3.05, 3.63) is 63.6 Å². The zero-order valence-corrected chi connectivity index (χ0v) is 20.6. The molecule has 9 heteroatoms. The fourth-order valence-electron chi connectivity index (χ4n) is 3.79. The number of aliphatic hydroxyl groups excluding tert-OH is 2. The van der Waals surface area contributed by atoms with E-state index < -0.39 is 18.2 Å². The number of hydrogen-bond acceptors (Lipinski definition) is 6. The highest BCUT2D eigenvalue weighted by Gasteiger charge is 2.40. The number of furan rings is 1. The van der Waals surface area contributed by atoms with Gasteiger partial charge in [-0.15, -0.1) is 0 Å². The van der Waals surface area contributed by atoms with Gasteiger partial charge in [-0.1, -0.05) is 19.1 Å². The lowest BCUT2D eigenvalue weighted by Crippen LogP contribution is -2.54. The van der Waals surface area contributed by atoms with Gasteiger partial charge in [0, 0.05) is 37.1 Å². The number of amides is 2. The van der Waals surface area contributed by atoms with E-state index in [1.807, 2.05) is 25.1 Å². The highest BCUT2D eigenvalue weighted by atomic mass is 127. The highest BCUT2D eigenvalue weighted by molar-refractivity contribution is 14.1. The lowest BCUT2D eigenvalue weighted by atomic mass is 9.87. The van der Waals surface area contributed by atoms with Gasteiger partial charge in [0.05, 0.1) is 28.7 Å². The summed E-state index contributed by atoms with van der Waals surface area (Å²) in [6, 6.07) is 8.49. The van der Waals surface area contributed by atoms with E-state index in [1.165, 1.54) is 6.26 Å². The molecule has 1 aliphatic carbocycles. The summed E-state index contributed by atoms with van der Waals surface area (Å²) in [5, 5.41) is 23.1. The number of halogens is 1. The average Bonchev–Trinajstić information content (AvgIpc) is 3.32. The molecule has 2 aromatic rings. The van der Waals surface area contributed by atoms with Gasteiger partial charge in [-0.05, 0) is 53.3 Å². The van der Waals surface area contributed by atoms with Crippen molar-refractivity contribution in [3.8, 4) is 5.75 Å². The number of nitrogens with one attached hydrogen (secondary N) is 1. The average molecular weight is 568 g/mol. The van der Waals surface area contributed by atoms with Crippen LogP contribution < -0.4 is 10.1 Å². The summed E-state index contributed by atoms with van der Waals surface area (Å²) in [6.45, 7) is 2.09. The normalized spacial score (nSPS) is 20.1. The Bertz CT molecular complexity index is 962. The van der Waals surface area contributed by atoms with Crippen LogP contribution in [0.15, 0.2) is 58.9 Å². The second-order valence-corrected chi connectivity index (χ2v) is 9.01. The van der Waals surface area contributed by atoms with Gasteiger partial charge in [0.15, 0.2) is 0 Å². The predicted molar refractivity (Wildman–Crippen MR) is 130 cm³/mol. The third-order valence-electron chi connectivity index (χ3n) is 5.43. The predicted octanol–water partition coefficient (Wildman–Crippen LogP) is 2.63. The Morgan fingerprint density at radius 2 is 2.09 bits per heavy atom. The molecule has 3 atom stereocenters. The van der Waals surface area contributed by atoms with Crippen LogP contribution in [0, 0.1) is 3.57 Å². The Morgan fingerprint density at radius 1 is 1.30 bits per heavy atom.